The molecule has 0 saturated carbocycles. The van der Waals surface area contributed by atoms with E-state index in [9.17, 15) is 0 Å². The maximum absolute atomic E-state index is 6.22. The van der Waals surface area contributed by atoms with E-state index in [1.54, 1.807) is 7.11 Å². The van der Waals surface area contributed by atoms with E-state index in [2.05, 4.69) is 38.1 Å². The molecule has 5 aromatic rings. The summed E-state index contributed by atoms with van der Waals surface area (Å²) in [6, 6.07) is 28.5. The number of benzene rings is 3. The van der Waals surface area contributed by atoms with Gasteiger partial charge in [-0.2, -0.15) is 4.73 Å². The topological polar surface area (TPSA) is 58.4 Å². The standard InChI is InChI=1S/C32H33N3O3/c1-23(2)18-28-32(37-21-24-12-6-4-7-13-24)34-29(31(33-28)36-3)19-26-20-35(30-17-11-10-16-27(26)30)38-22-25-14-8-5-9-15-25/h4-17,20,23H,18-19,21-22H2,1-3H3. The number of nitrogens with zero attached hydrogens (tertiary/aromatic N) is 3. The van der Waals surface area contributed by atoms with Crippen LogP contribution in [0.15, 0.2) is 91.1 Å². The van der Waals surface area contributed by atoms with E-state index in [4.69, 9.17) is 24.3 Å². The second-order valence-electron chi connectivity index (χ2n) is 9.74. The van der Waals surface area contributed by atoms with E-state index >= 15 is 0 Å². The molecule has 2 heterocycles. The monoisotopic (exact) mass is 507 g/mol. The molecule has 0 aliphatic carbocycles. The molecule has 6 nitrogen and oxygen atoms in total. The lowest BCUT2D eigenvalue weighted by Crippen LogP contribution is -2.10. The normalized spacial score (nSPS) is 11.2. The van der Waals surface area contributed by atoms with E-state index < -0.39 is 0 Å². The molecule has 0 N–H and O–H groups in total. The van der Waals surface area contributed by atoms with Crippen LogP contribution in [0.4, 0.5) is 0 Å². The summed E-state index contributed by atoms with van der Waals surface area (Å²) in [6.45, 7) is 5.23. The Balaban J connectivity index is 1.46. The summed E-state index contributed by atoms with van der Waals surface area (Å²) in [5, 5.41) is 1.10. The fraction of sp³-hybridized carbons (Fsp3) is 0.250. The molecule has 2 aromatic heterocycles. The van der Waals surface area contributed by atoms with E-state index in [0.717, 1.165) is 45.4 Å². The van der Waals surface area contributed by atoms with E-state index in [1.807, 2.05) is 71.6 Å². The average molecular weight is 508 g/mol. The average Bonchev–Trinajstić information content (AvgIpc) is 3.29. The van der Waals surface area contributed by atoms with Crippen LogP contribution in [0, 0.1) is 5.92 Å². The summed E-state index contributed by atoms with van der Waals surface area (Å²) >= 11 is 0. The van der Waals surface area contributed by atoms with Crippen molar-refractivity contribution in [1.82, 2.24) is 14.7 Å². The van der Waals surface area contributed by atoms with Crippen LogP contribution in [-0.4, -0.2) is 21.8 Å². The molecule has 6 heteroatoms. The van der Waals surface area contributed by atoms with Crippen molar-refractivity contribution in [3.63, 3.8) is 0 Å². The Labute approximate surface area is 223 Å². The van der Waals surface area contributed by atoms with Gasteiger partial charge in [-0.15, -0.1) is 0 Å². The third kappa shape index (κ3) is 5.97. The summed E-state index contributed by atoms with van der Waals surface area (Å²) in [6.07, 6.45) is 3.31. The van der Waals surface area contributed by atoms with Gasteiger partial charge < -0.3 is 14.3 Å². The van der Waals surface area contributed by atoms with Crippen molar-refractivity contribution in [2.45, 2.75) is 39.9 Å². The van der Waals surface area contributed by atoms with Gasteiger partial charge in [0.2, 0.25) is 11.8 Å². The number of ether oxygens (including phenoxy) is 2. The van der Waals surface area contributed by atoms with Crippen molar-refractivity contribution < 1.29 is 14.3 Å². The highest BCUT2D eigenvalue weighted by Gasteiger charge is 2.19. The second-order valence-corrected chi connectivity index (χ2v) is 9.74. The Bertz CT molecular complexity index is 1480. The number of hydrogen-bond acceptors (Lipinski definition) is 5. The van der Waals surface area contributed by atoms with Crippen LogP contribution in [0.3, 0.4) is 0 Å². The predicted octanol–water partition coefficient (Wildman–Crippen LogP) is 6.44. The Morgan fingerprint density at radius 2 is 1.37 bits per heavy atom. The van der Waals surface area contributed by atoms with Gasteiger partial charge in [0.05, 0.1) is 12.6 Å². The third-order valence-corrected chi connectivity index (χ3v) is 6.31. The Hall–Kier alpha value is -4.32. The summed E-state index contributed by atoms with van der Waals surface area (Å²) in [5.74, 6) is 1.48. The lowest BCUT2D eigenvalue weighted by atomic mass is 10.1. The van der Waals surface area contributed by atoms with Crippen molar-refractivity contribution >= 4 is 10.9 Å². The molecule has 0 bridgehead atoms. The number of fused-ring (bicyclic) bond motifs is 1. The molecule has 0 radical (unpaired) electrons. The molecular weight excluding hydrogens is 474 g/mol. The summed E-state index contributed by atoms with van der Waals surface area (Å²) < 4.78 is 13.8. The SMILES string of the molecule is COc1nc(CC(C)C)c(OCc2ccccc2)nc1Cc1cn(OCc2ccccc2)c2ccccc12. The van der Waals surface area contributed by atoms with Gasteiger partial charge in [-0.3, -0.25) is 0 Å². The fourth-order valence-electron chi connectivity index (χ4n) is 4.47. The minimum Gasteiger partial charge on any atom is -0.480 e. The number of hydrogen-bond donors (Lipinski definition) is 0. The summed E-state index contributed by atoms with van der Waals surface area (Å²) in [5.41, 5.74) is 5.81. The molecule has 0 amide bonds. The molecule has 38 heavy (non-hydrogen) atoms. The first-order valence-corrected chi connectivity index (χ1v) is 13.0. The van der Waals surface area contributed by atoms with Gasteiger partial charge in [-0.1, -0.05) is 92.7 Å². The summed E-state index contributed by atoms with van der Waals surface area (Å²) in [4.78, 5) is 16.0. The van der Waals surface area contributed by atoms with Gasteiger partial charge >= 0.3 is 0 Å². The summed E-state index contributed by atoms with van der Waals surface area (Å²) in [7, 11) is 1.64. The molecule has 0 unspecified atom stereocenters. The number of methoxy groups -OCH3 is 1. The molecule has 0 spiro atoms. The van der Waals surface area contributed by atoms with Crippen LogP contribution in [0.2, 0.25) is 0 Å². The van der Waals surface area contributed by atoms with Crippen LogP contribution >= 0.6 is 0 Å². The largest absolute Gasteiger partial charge is 0.480 e. The quantitative estimate of drug-likeness (QED) is 0.206. The van der Waals surface area contributed by atoms with Crippen LogP contribution in [0.25, 0.3) is 10.9 Å². The number of rotatable bonds is 11. The highest BCUT2D eigenvalue weighted by molar-refractivity contribution is 5.84. The maximum Gasteiger partial charge on any atom is 0.236 e. The highest BCUT2D eigenvalue weighted by Crippen LogP contribution is 2.29. The molecule has 0 saturated heterocycles. The fourth-order valence-corrected chi connectivity index (χ4v) is 4.47. The van der Waals surface area contributed by atoms with Gasteiger partial charge in [-0.05, 0) is 35.1 Å². The van der Waals surface area contributed by atoms with E-state index in [0.29, 0.717) is 37.3 Å². The minimum absolute atomic E-state index is 0.402. The van der Waals surface area contributed by atoms with Crippen LogP contribution in [0.5, 0.6) is 11.8 Å². The van der Waals surface area contributed by atoms with Crippen molar-refractivity contribution in [2.75, 3.05) is 7.11 Å². The van der Waals surface area contributed by atoms with Gasteiger partial charge in [-0.25, -0.2) is 9.97 Å². The molecule has 0 aliphatic rings. The first-order valence-electron chi connectivity index (χ1n) is 13.0. The van der Waals surface area contributed by atoms with E-state index in [-0.39, 0.29) is 0 Å². The molecule has 0 atom stereocenters. The van der Waals surface area contributed by atoms with Gasteiger partial charge in [0.15, 0.2) is 0 Å². The Morgan fingerprint density at radius 3 is 2.05 bits per heavy atom. The van der Waals surface area contributed by atoms with Crippen LogP contribution in [-0.2, 0) is 26.1 Å². The molecule has 194 valence electrons. The highest BCUT2D eigenvalue weighted by atomic mass is 16.7. The van der Waals surface area contributed by atoms with Gasteiger partial charge in [0.1, 0.15) is 24.6 Å². The van der Waals surface area contributed by atoms with Crippen molar-refractivity contribution in [1.29, 1.82) is 0 Å². The molecule has 0 fully saturated rings. The zero-order chi connectivity index (χ0) is 26.3. The Morgan fingerprint density at radius 1 is 0.737 bits per heavy atom. The zero-order valence-corrected chi connectivity index (χ0v) is 22.1. The predicted molar refractivity (Wildman–Crippen MR) is 149 cm³/mol. The van der Waals surface area contributed by atoms with E-state index in [1.165, 1.54) is 0 Å². The van der Waals surface area contributed by atoms with Crippen LogP contribution in [0.1, 0.15) is 41.9 Å². The van der Waals surface area contributed by atoms with Crippen molar-refractivity contribution in [3.8, 4) is 11.8 Å². The third-order valence-electron chi connectivity index (χ3n) is 6.31. The van der Waals surface area contributed by atoms with Gasteiger partial charge in [0.25, 0.3) is 0 Å². The Kier molecular flexibility index (Phi) is 7.88. The molecule has 3 aromatic carbocycles. The molecule has 0 aliphatic heterocycles. The maximum atomic E-state index is 6.22. The smallest absolute Gasteiger partial charge is 0.236 e. The lowest BCUT2D eigenvalue weighted by molar-refractivity contribution is 0.107. The minimum atomic E-state index is 0.402. The second kappa shape index (κ2) is 11.8. The zero-order valence-electron chi connectivity index (χ0n) is 22.1. The van der Waals surface area contributed by atoms with Crippen molar-refractivity contribution in [3.05, 3.63) is 119 Å². The van der Waals surface area contributed by atoms with Gasteiger partial charge in [0, 0.05) is 18.0 Å². The lowest BCUT2D eigenvalue weighted by Gasteiger charge is -2.15. The number of para-hydroxylation sites is 1. The molecule has 5 rings (SSSR count). The first kappa shape index (κ1) is 25.3. The van der Waals surface area contributed by atoms with Crippen LogP contribution < -0.4 is 14.3 Å². The first-order chi connectivity index (χ1) is 18.6. The van der Waals surface area contributed by atoms with Crippen molar-refractivity contribution in [2.24, 2.45) is 5.92 Å². The number of aromatic nitrogens is 3. The molecular formula is C32H33N3O3.